The molecule has 5 aliphatic rings. The zero-order chi connectivity index (χ0) is 16.1. The number of hydrogen-bond acceptors (Lipinski definition) is 4. The minimum Gasteiger partial charge on any atom is -0.485 e. The minimum atomic E-state index is -0.0520. The van der Waals surface area contributed by atoms with E-state index in [1.807, 2.05) is 0 Å². The summed E-state index contributed by atoms with van der Waals surface area (Å²) in [5.74, 6) is 1.57. The van der Waals surface area contributed by atoms with Crippen molar-refractivity contribution in [2.75, 3.05) is 13.7 Å². The number of piperidine rings is 1. The van der Waals surface area contributed by atoms with Crippen LogP contribution in [-0.4, -0.2) is 47.1 Å². The highest BCUT2D eigenvalue weighted by Crippen LogP contribution is 2.77. The van der Waals surface area contributed by atoms with E-state index in [1.165, 1.54) is 5.57 Å². The lowest BCUT2D eigenvalue weighted by Gasteiger charge is -2.49. The number of hydrogen-bond donors (Lipinski definition) is 1. The van der Waals surface area contributed by atoms with Gasteiger partial charge in [-0.05, 0) is 37.8 Å². The second-order valence-corrected chi connectivity index (χ2v) is 8.28. The Hall–Kier alpha value is -1.13. The standard InChI is InChI=1S/C19H25NO3/c1-4-11-7-18-9-19-13(16(18)20(18)3)6-5-12(8-21)17(19)23-15(10(2)22)14(11)19/h5-6,11-13,16-17,21H,4,7-9H2,1-3H3. The van der Waals surface area contributed by atoms with E-state index in [9.17, 15) is 9.90 Å². The largest absolute Gasteiger partial charge is 0.485 e. The molecule has 0 amide bonds. The molecule has 23 heavy (non-hydrogen) atoms. The van der Waals surface area contributed by atoms with Crippen LogP contribution in [0.15, 0.2) is 23.5 Å². The number of carbonyl (C=O) groups excluding carboxylic acids is 1. The number of ether oxygens (including phenoxy) is 1. The van der Waals surface area contributed by atoms with E-state index in [-0.39, 0.29) is 29.8 Å². The molecule has 0 aromatic rings. The highest BCUT2D eigenvalue weighted by molar-refractivity contribution is 5.93. The first-order valence-electron chi connectivity index (χ1n) is 8.95. The van der Waals surface area contributed by atoms with Crippen molar-refractivity contribution in [3.63, 3.8) is 0 Å². The summed E-state index contributed by atoms with van der Waals surface area (Å²) in [6, 6.07) is 0.586. The summed E-state index contributed by atoms with van der Waals surface area (Å²) in [4.78, 5) is 14.8. The normalized spacial score (nSPS) is 54.6. The van der Waals surface area contributed by atoms with Crippen molar-refractivity contribution in [1.82, 2.24) is 4.90 Å². The number of rotatable bonds is 3. The van der Waals surface area contributed by atoms with E-state index in [2.05, 4.69) is 31.0 Å². The van der Waals surface area contributed by atoms with Crippen LogP contribution in [-0.2, 0) is 9.53 Å². The van der Waals surface area contributed by atoms with Gasteiger partial charge in [0, 0.05) is 35.8 Å². The van der Waals surface area contributed by atoms with Crippen molar-refractivity contribution in [3.05, 3.63) is 23.5 Å². The third-order valence-corrected chi connectivity index (χ3v) is 7.62. The molecule has 124 valence electrons. The average molecular weight is 315 g/mol. The van der Waals surface area contributed by atoms with Crippen molar-refractivity contribution in [2.24, 2.45) is 23.2 Å². The van der Waals surface area contributed by atoms with E-state index >= 15 is 0 Å². The number of carbonyl (C=O) groups is 1. The van der Waals surface area contributed by atoms with Gasteiger partial charge in [0.25, 0.3) is 0 Å². The molecular weight excluding hydrogens is 290 g/mol. The van der Waals surface area contributed by atoms with Crippen LogP contribution in [0.2, 0.25) is 0 Å². The second-order valence-electron chi connectivity index (χ2n) is 8.28. The molecule has 2 saturated carbocycles. The van der Waals surface area contributed by atoms with Gasteiger partial charge in [-0.3, -0.25) is 9.69 Å². The van der Waals surface area contributed by atoms with Gasteiger partial charge in [-0.15, -0.1) is 0 Å². The molecule has 8 atom stereocenters. The Balaban J connectivity index is 1.74. The predicted molar refractivity (Wildman–Crippen MR) is 85.5 cm³/mol. The van der Waals surface area contributed by atoms with Crippen LogP contribution in [0.3, 0.4) is 0 Å². The number of likely N-dealkylation sites (N-methyl/N-ethyl adjacent to an activating group) is 1. The zero-order valence-electron chi connectivity index (χ0n) is 14.1. The molecule has 1 N–H and O–H groups in total. The van der Waals surface area contributed by atoms with Gasteiger partial charge < -0.3 is 9.84 Å². The van der Waals surface area contributed by atoms with Crippen LogP contribution in [0.4, 0.5) is 0 Å². The van der Waals surface area contributed by atoms with Gasteiger partial charge in [0.1, 0.15) is 6.10 Å². The van der Waals surface area contributed by atoms with Gasteiger partial charge in [-0.25, -0.2) is 0 Å². The fourth-order valence-corrected chi connectivity index (χ4v) is 6.81. The predicted octanol–water partition coefficient (Wildman–Crippen LogP) is 1.90. The van der Waals surface area contributed by atoms with E-state index in [4.69, 9.17) is 4.74 Å². The highest BCUT2D eigenvalue weighted by Gasteiger charge is 2.82. The molecule has 0 aromatic carbocycles. The summed E-state index contributed by atoms with van der Waals surface area (Å²) in [5, 5.41) is 9.86. The Morgan fingerprint density at radius 2 is 2.26 bits per heavy atom. The second kappa shape index (κ2) is 4.09. The van der Waals surface area contributed by atoms with Crippen LogP contribution < -0.4 is 0 Å². The lowest BCUT2D eigenvalue weighted by molar-refractivity contribution is -0.118. The van der Waals surface area contributed by atoms with Gasteiger partial charge in [0.15, 0.2) is 11.5 Å². The van der Waals surface area contributed by atoms with Crippen LogP contribution in [0.5, 0.6) is 0 Å². The lowest BCUT2D eigenvalue weighted by atomic mass is 9.56. The molecule has 4 nitrogen and oxygen atoms in total. The van der Waals surface area contributed by atoms with Crippen LogP contribution in [0, 0.1) is 23.2 Å². The molecule has 5 rings (SSSR count). The molecule has 1 saturated heterocycles. The van der Waals surface area contributed by atoms with E-state index in [0.29, 0.717) is 29.2 Å². The zero-order valence-corrected chi connectivity index (χ0v) is 14.1. The van der Waals surface area contributed by atoms with Gasteiger partial charge in [-0.1, -0.05) is 19.1 Å². The molecule has 0 aromatic heterocycles. The highest BCUT2D eigenvalue weighted by atomic mass is 16.5. The topological polar surface area (TPSA) is 49.5 Å². The van der Waals surface area contributed by atoms with Crippen LogP contribution in [0.1, 0.15) is 33.1 Å². The molecule has 2 aliphatic heterocycles. The average Bonchev–Trinajstić information content (AvgIpc) is 2.86. The molecule has 3 fully saturated rings. The number of nitrogens with zero attached hydrogens (tertiary/aromatic N) is 1. The van der Waals surface area contributed by atoms with Crippen molar-refractivity contribution in [2.45, 2.75) is 50.8 Å². The Morgan fingerprint density at radius 1 is 1.48 bits per heavy atom. The fourth-order valence-electron chi connectivity index (χ4n) is 6.81. The first kappa shape index (κ1) is 14.2. The number of Topliss-reactive ketones (excluding diaryl/α,β-unsaturated/α-hetero) is 1. The lowest BCUT2D eigenvalue weighted by Crippen LogP contribution is -2.51. The van der Waals surface area contributed by atoms with Crippen molar-refractivity contribution in [1.29, 1.82) is 0 Å². The van der Waals surface area contributed by atoms with Crippen LogP contribution >= 0.6 is 0 Å². The summed E-state index contributed by atoms with van der Waals surface area (Å²) in [6.07, 6.45) is 7.74. The number of allylic oxidation sites excluding steroid dienone is 1. The number of aliphatic hydroxyl groups excluding tert-OH is 1. The number of fused-ring (bicyclic) bond motifs is 1. The Morgan fingerprint density at radius 3 is 2.91 bits per heavy atom. The molecule has 8 unspecified atom stereocenters. The van der Waals surface area contributed by atoms with E-state index in [1.54, 1.807) is 6.92 Å². The van der Waals surface area contributed by atoms with E-state index in [0.717, 1.165) is 19.3 Å². The molecule has 3 aliphatic carbocycles. The maximum atomic E-state index is 12.3. The van der Waals surface area contributed by atoms with E-state index < -0.39 is 0 Å². The number of aliphatic hydroxyl groups is 1. The Kier molecular flexibility index (Phi) is 2.53. The third kappa shape index (κ3) is 1.33. The quantitative estimate of drug-likeness (QED) is 0.638. The van der Waals surface area contributed by atoms with Gasteiger partial charge in [0.05, 0.1) is 6.61 Å². The third-order valence-electron chi connectivity index (χ3n) is 7.62. The summed E-state index contributed by atoms with van der Waals surface area (Å²) in [6.45, 7) is 3.96. The Labute approximate surface area is 137 Å². The molecule has 2 bridgehead atoms. The maximum Gasteiger partial charge on any atom is 0.194 e. The first-order chi connectivity index (χ1) is 11.0. The molecule has 0 radical (unpaired) electrons. The maximum absolute atomic E-state index is 12.3. The molecule has 2 spiro atoms. The first-order valence-corrected chi connectivity index (χ1v) is 8.95. The minimum absolute atomic E-state index is 0.00793. The fraction of sp³-hybridized carbons (Fsp3) is 0.737. The SMILES string of the molecule is CCC1CC23CC45C1=C(C(C)=O)OC4C(CO)C=CC5C2N3C. The number of likely N-dealkylation sites (tertiary alicyclic amines) is 1. The molecule has 2 heterocycles. The van der Waals surface area contributed by atoms with Crippen molar-refractivity contribution < 1.29 is 14.6 Å². The summed E-state index contributed by atoms with van der Waals surface area (Å²) in [5.41, 5.74) is 1.56. The van der Waals surface area contributed by atoms with Crippen molar-refractivity contribution in [3.8, 4) is 0 Å². The molecule has 4 heteroatoms. The van der Waals surface area contributed by atoms with Gasteiger partial charge in [-0.2, -0.15) is 0 Å². The monoisotopic (exact) mass is 315 g/mol. The smallest absolute Gasteiger partial charge is 0.194 e. The summed E-state index contributed by atoms with van der Waals surface area (Å²) < 4.78 is 6.30. The van der Waals surface area contributed by atoms with Gasteiger partial charge >= 0.3 is 0 Å². The summed E-state index contributed by atoms with van der Waals surface area (Å²) in [7, 11) is 2.25. The van der Waals surface area contributed by atoms with Gasteiger partial charge in [0.2, 0.25) is 0 Å². The van der Waals surface area contributed by atoms with Crippen LogP contribution in [0.25, 0.3) is 0 Å². The molecular formula is C19H25NO3. The number of ketones is 1. The Bertz CT molecular complexity index is 668. The summed E-state index contributed by atoms with van der Waals surface area (Å²) >= 11 is 0. The van der Waals surface area contributed by atoms with Crippen molar-refractivity contribution >= 4 is 5.78 Å².